The first-order chi connectivity index (χ1) is 13.2. The molecule has 0 saturated carbocycles. The van der Waals surface area contributed by atoms with Crippen molar-refractivity contribution in [1.82, 2.24) is 0 Å². The van der Waals surface area contributed by atoms with E-state index in [2.05, 4.69) is 4.74 Å². The number of carbonyl (C=O) groups is 2. The minimum atomic E-state index is -5.12. The summed E-state index contributed by atoms with van der Waals surface area (Å²) >= 11 is 0. The van der Waals surface area contributed by atoms with Crippen LogP contribution >= 0.6 is 0 Å². The van der Waals surface area contributed by atoms with Crippen LogP contribution in [0.1, 0.15) is 29.2 Å². The number of ether oxygens (including phenoxy) is 3. The van der Waals surface area contributed by atoms with E-state index < -0.39 is 41.8 Å². The van der Waals surface area contributed by atoms with Gasteiger partial charge >= 0.3 is 18.1 Å². The predicted molar refractivity (Wildman–Crippen MR) is 90.1 cm³/mol. The number of aryl methyl sites for hydroxylation is 1. The van der Waals surface area contributed by atoms with Gasteiger partial charge in [0.15, 0.2) is 0 Å². The average Bonchev–Trinajstić information content (AvgIpc) is 3.07. The third kappa shape index (κ3) is 4.04. The molecule has 0 spiro atoms. The molecule has 1 heterocycles. The Morgan fingerprint density at radius 3 is 2.21 bits per heavy atom. The second-order valence-corrected chi connectivity index (χ2v) is 5.93. The quantitative estimate of drug-likeness (QED) is 0.658. The smallest absolute Gasteiger partial charge is 0.432 e. The van der Waals surface area contributed by atoms with Crippen LogP contribution in [0.15, 0.2) is 47.3 Å². The van der Waals surface area contributed by atoms with Crippen molar-refractivity contribution < 1.29 is 41.4 Å². The van der Waals surface area contributed by atoms with Crippen molar-refractivity contribution in [2.24, 2.45) is 0 Å². The Morgan fingerprint density at radius 1 is 1.11 bits per heavy atom. The lowest BCUT2D eigenvalue weighted by molar-refractivity contribution is -0.278. The molecule has 1 aromatic heterocycles. The van der Waals surface area contributed by atoms with E-state index in [9.17, 15) is 22.8 Å². The van der Waals surface area contributed by atoms with Crippen molar-refractivity contribution in [2.45, 2.75) is 31.2 Å². The number of benzene rings is 1. The topological polar surface area (TPSA) is 75.0 Å². The second-order valence-electron chi connectivity index (χ2n) is 5.93. The van der Waals surface area contributed by atoms with Gasteiger partial charge in [0, 0.05) is 18.2 Å². The molecule has 0 radical (unpaired) electrons. The molecule has 0 aliphatic carbocycles. The first-order valence-corrected chi connectivity index (χ1v) is 8.15. The van der Waals surface area contributed by atoms with Crippen LogP contribution in [0.5, 0.6) is 0 Å². The SMILES string of the molecule is COC(=O)C[C@@H](OC(=O)[C@@](OC)(c1ccccc1)C(F)(F)F)c1cocc1C. The minimum Gasteiger partial charge on any atom is -0.472 e. The van der Waals surface area contributed by atoms with E-state index in [0.717, 1.165) is 26.4 Å². The van der Waals surface area contributed by atoms with Gasteiger partial charge in [-0.2, -0.15) is 13.2 Å². The van der Waals surface area contributed by atoms with Crippen LogP contribution < -0.4 is 0 Å². The number of hydrogen-bond donors (Lipinski definition) is 0. The summed E-state index contributed by atoms with van der Waals surface area (Å²) in [6, 6.07) is 6.40. The van der Waals surface area contributed by atoms with Gasteiger partial charge in [-0.3, -0.25) is 4.79 Å². The maximum Gasteiger partial charge on any atom is 0.432 e. The molecule has 0 aliphatic rings. The fourth-order valence-corrected chi connectivity index (χ4v) is 2.75. The number of hydrogen-bond acceptors (Lipinski definition) is 6. The molecule has 6 nitrogen and oxygen atoms in total. The summed E-state index contributed by atoms with van der Waals surface area (Å²) < 4.78 is 61.3. The van der Waals surface area contributed by atoms with E-state index in [0.29, 0.717) is 5.56 Å². The summed E-state index contributed by atoms with van der Waals surface area (Å²) in [5.74, 6) is -2.48. The van der Waals surface area contributed by atoms with E-state index in [1.54, 1.807) is 6.92 Å². The summed E-state index contributed by atoms with van der Waals surface area (Å²) in [5.41, 5.74) is -3.06. The lowest BCUT2D eigenvalue weighted by Crippen LogP contribution is -2.52. The first-order valence-electron chi connectivity index (χ1n) is 8.15. The summed E-state index contributed by atoms with van der Waals surface area (Å²) in [6.45, 7) is 1.60. The van der Waals surface area contributed by atoms with Crippen LogP contribution in [0, 0.1) is 6.92 Å². The van der Waals surface area contributed by atoms with E-state index in [4.69, 9.17) is 13.9 Å². The van der Waals surface area contributed by atoms with Crippen LogP contribution in [0.2, 0.25) is 0 Å². The predicted octanol–water partition coefficient (Wildman–Crippen LogP) is 3.84. The highest BCUT2D eigenvalue weighted by Crippen LogP contribution is 2.44. The van der Waals surface area contributed by atoms with E-state index in [1.165, 1.54) is 30.7 Å². The van der Waals surface area contributed by atoms with Crippen LogP contribution in [0.25, 0.3) is 0 Å². The van der Waals surface area contributed by atoms with E-state index in [1.807, 2.05) is 0 Å². The molecule has 0 fully saturated rings. The van der Waals surface area contributed by atoms with Gasteiger partial charge in [0.1, 0.15) is 6.10 Å². The average molecular weight is 400 g/mol. The standard InChI is InChI=1S/C19H19F3O6/c1-12-10-27-11-14(12)15(9-16(23)25-2)28-17(24)18(26-3,19(20,21)22)13-7-5-4-6-8-13/h4-8,10-11,15H,9H2,1-3H3/t15-,18+/m1/s1. The zero-order valence-electron chi connectivity index (χ0n) is 15.4. The van der Waals surface area contributed by atoms with Gasteiger partial charge in [-0.1, -0.05) is 30.3 Å². The largest absolute Gasteiger partial charge is 0.472 e. The van der Waals surface area contributed by atoms with Crippen LogP contribution in [0.4, 0.5) is 13.2 Å². The van der Waals surface area contributed by atoms with Crippen LogP contribution in [-0.4, -0.2) is 32.3 Å². The summed E-state index contributed by atoms with van der Waals surface area (Å²) in [6.07, 6.45) is -4.45. The van der Waals surface area contributed by atoms with Gasteiger partial charge < -0.3 is 18.6 Å². The van der Waals surface area contributed by atoms with E-state index >= 15 is 0 Å². The lowest BCUT2D eigenvalue weighted by Gasteiger charge is -2.33. The Bertz CT molecular complexity index is 815. The van der Waals surface area contributed by atoms with Crippen molar-refractivity contribution in [3.05, 3.63) is 59.5 Å². The molecule has 0 aliphatic heterocycles. The highest BCUT2D eigenvalue weighted by atomic mass is 19.4. The highest BCUT2D eigenvalue weighted by Gasteiger charge is 2.64. The highest BCUT2D eigenvalue weighted by molar-refractivity contribution is 5.83. The second kappa shape index (κ2) is 8.47. The Kier molecular flexibility index (Phi) is 6.50. The maximum absolute atomic E-state index is 14.0. The van der Waals surface area contributed by atoms with Crippen molar-refractivity contribution in [1.29, 1.82) is 0 Å². The molecular weight excluding hydrogens is 381 g/mol. The molecule has 0 bridgehead atoms. The van der Waals surface area contributed by atoms with Crippen molar-refractivity contribution in [2.75, 3.05) is 14.2 Å². The Hall–Kier alpha value is -2.81. The number of esters is 2. The van der Waals surface area contributed by atoms with Crippen molar-refractivity contribution in [3.63, 3.8) is 0 Å². The summed E-state index contributed by atoms with van der Waals surface area (Å²) in [7, 11) is 1.88. The Morgan fingerprint density at radius 2 is 1.75 bits per heavy atom. The molecule has 0 amide bonds. The molecule has 9 heteroatoms. The molecular formula is C19H19F3O6. The first kappa shape index (κ1) is 21.5. The van der Waals surface area contributed by atoms with Crippen molar-refractivity contribution >= 4 is 11.9 Å². The molecule has 2 aromatic rings. The molecule has 28 heavy (non-hydrogen) atoms. The molecule has 2 rings (SSSR count). The third-order valence-corrected chi connectivity index (χ3v) is 4.24. The maximum atomic E-state index is 14.0. The third-order valence-electron chi connectivity index (χ3n) is 4.24. The summed E-state index contributed by atoms with van der Waals surface area (Å²) in [5, 5.41) is 0. The number of alkyl halides is 3. The molecule has 0 saturated heterocycles. The fraction of sp³-hybridized carbons (Fsp3) is 0.368. The van der Waals surface area contributed by atoms with Gasteiger partial charge in [-0.25, -0.2) is 4.79 Å². The molecule has 0 N–H and O–H groups in total. The van der Waals surface area contributed by atoms with Gasteiger partial charge in [-0.05, 0) is 12.5 Å². The zero-order valence-corrected chi connectivity index (χ0v) is 15.4. The lowest BCUT2D eigenvalue weighted by atomic mass is 9.92. The fourth-order valence-electron chi connectivity index (χ4n) is 2.75. The van der Waals surface area contributed by atoms with Gasteiger partial charge in [0.05, 0.1) is 26.1 Å². The Balaban J connectivity index is 2.48. The molecule has 2 atom stereocenters. The summed E-state index contributed by atoms with van der Waals surface area (Å²) in [4.78, 5) is 24.5. The molecule has 0 unspecified atom stereocenters. The van der Waals surface area contributed by atoms with Crippen molar-refractivity contribution in [3.8, 4) is 0 Å². The van der Waals surface area contributed by atoms with Crippen LogP contribution in [0.3, 0.4) is 0 Å². The van der Waals surface area contributed by atoms with E-state index in [-0.39, 0.29) is 5.56 Å². The van der Waals surface area contributed by atoms with Gasteiger partial charge in [-0.15, -0.1) is 0 Å². The van der Waals surface area contributed by atoms with Crippen LogP contribution in [-0.2, 0) is 29.4 Å². The number of furan rings is 1. The number of carbonyl (C=O) groups excluding carboxylic acids is 2. The number of halogens is 3. The van der Waals surface area contributed by atoms with Gasteiger partial charge in [0.25, 0.3) is 5.60 Å². The molecule has 1 aromatic carbocycles. The monoisotopic (exact) mass is 400 g/mol. The van der Waals surface area contributed by atoms with Gasteiger partial charge in [0.2, 0.25) is 0 Å². The number of methoxy groups -OCH3 is 2. The normalized spacial score (nSPS) is 14.8. The molecule has 152 valence electrons. The number of rotatable bonds is 7. The Labute approximate surface area is 159 Å². The minimum absolute atomic E-state index is 0.249. The zero-order chi connectivity index (χ0) is 20.9.